The monoisotopic (exact) mass is 426 g/mol. The van der Waals surface area contributed by atoms with Gasteiger partial charge in [0, 0.05) is 25.7 Å². The first-order valence-corrected chi connectivity index (χ1v) is 10.1. The van der Waals surface area contributed by atoms with Crippen LogP contribution in [0.5, 0.6) is 0 Å². The number of amides is 2. The Morgan fingerprint density at radius 2 is 1.71 bits per heavy atom. The van der Waals surface area contributed by atoms with Crippen LogP contribution in [0.4, 0.5) is 11.4 Å². The molecule has 0 aromatic heterocycles. The van der Waals surface area contributed by atoms with Crippen LogP contribution in [0.15, 0.2) is 42.5 Å². The molecule has 1 fully saturated rings. The molecule has 1 heterocycles. The van der Waals surface area contributed by atoms with Crippen molar-refractivity contribution in [2.75, 3.05) is 38.2 Å². The molecule has 9 nitrogen and oxygen atoms in total. The van der Waals surface area contributed by atoms with Gasteiger partial charge < -0.3 is 15.4 Å². The molecule has 1 saturated heterocycles. The van der Waals surface area contributed by atoms with E-state index in [-0.39, 0.29) is 24.0 Å². The molecule has 2 N–H and O–H groups in total. The summed E-state index contributed by atoms with van der Waals surface area (Å²) in [6, 6.07) is 12.3. The fraction of sp³-hybridized carbons (Fsp3) is 0.364. The van der Waals surface area contributed by atoms with Gasteiger partial charge in [0.05, 0.1) is 24.2 Å². The van der Waals surface area contributed by atoms with Gasteiger partial charge in [0.15, 0.2) is 0 Å². The molecule has 0 bridgehead atoms. The molecular formula is C22H26N4O5. The smallest absolute Gasteiger partial charge is 0.313 e. The van der Waals surface area contributed by atoms with E-state index in [0.717, 1.165) is 24.2 Å². The number of hydrogen-bond acceptors (Lipinski definition) is 6. The molecule has 2 amide bonds. The second kappa shape index (κ2) is 10.1. The zero-order chi connectivity index (χ0) is 22.4. The maximum absolute atomic E-state index is 12.4. The topological polar surface area (TPSA) is 114 Å². The zero-order valence-corrected chi connectivity index (χ0v) is 17.6. The predicted molar refractivity (Wildman–Crippen MR) is 116 cm³/mol. The van der Waals surface area contributed by atoms with E-state index in [2.05, 4.69) is 15.5 Å². The maximum Gasteiger partial charge on any atom is 0.313 e. The van der Waals surface area contributed by atoms with Gasteiger partial charge in [-0.15, -0.1) is 0 Å². The lowest BCUT2D eigenvalue weighted by molar-refractivity contribution is -0.384. The van der Waals surface area contributed by atoms with Gasteiger partial charge >= 0.3 is 11.8 Å². The second-order valence-corrected chi connectivity index (χ2v) is 7.52. The van der Waals surface area contributed by atoms with E-state index in [1.165, 1.54) is 12.1 Å². The number of carbonyl (C=O) groups is 2. The third-order valence-corrected chi connectivity index (χ3v) is 5.21. The molecule has 3 rings (SSSR count). The number of ether oxygens (including phenoxy) is 1. The molecule has 2 aromatic rings. The Kier molecular flexibility index (Phi) is 7.32. The third-order valence-electron chi connectivity index (χ3n) is 5.21. The van der Waals surface area contributed by atoms with Gasteiger partial charge in [0.25, 0.3) is 5.69 Å². The summed E-state index contributed by atoms with van der Waals surface area (Å²) in [6.45, 7) is 6.59. The Morgan fingerprint density at radius 3 is 2.35 bits per heavy atom. The number of aryl methyl sites for hydroxylation is 2. The molecule has 2 aromatic carbocycles. The molecule has 0 saturated carbocycles. The summed E-state index contributed by atoms with van der Waals surface area (Å²) in [5, 5.41) is 16.2. The molecule has 164 valence electrons. The van der Waals surface area contributed by atoms with E-state index >= 15 is 0 Å². The van der Waals surface area contributed by atoms with Crippen LogP contribution in [-0.4, -0.2) is 54.5 Å². The Morgan fingerprint density at radius 1 is 1.06 bits per heavy atom. The highest BCUT2D eigenvalue weighted by Crippen LogP contribution is 2.25. The Labute approximate surface area is 180 Å². The van der Waals surface area contributed by atoms with Crippen molar-refractivity contribution in [2.45, 2.75) is 19.9 Å². The lowest BCUT2D eigenvalue weighted by atomic mass is 10.0. The SMILES string of the molecule is Cc1ccc(C(CNC(=O)C(=O)Nc2ccc(C)cc2[N+](=O)[O-])N2CCOCC2)cc1. The summed E-state index contributed by atoms with van der Waals surface area (Å²) in [6.07, 6.45) is 0. The number of anilines is 1. The molecular weight excluding hydrogens is 400 g/mol. The Balaban J connectivity index is 1.68. The first kappa shape index (κ1) is 22.4. The number of morpholine rings is 1. The van der Waals surface area contributed by atoms with E-state index in [1.807, 2.05) is 31.2 Å². The number of nitro benzene ring substituents is 1. The van der Waals surface area contributed by atoms with Gasteiger partial charge in [-0.05, 0) is 31.0 Å². The van der Waals surface area contributed by atoms with Crippen molar-refractivity contribution in [3.8, 4) is 0 Å². The largest absolute Gasteiger partial charge is 0.379 e. The first-order chi connectivity index (χ1) is 14.8. The quantitative estimate of drug-likeness (QED) is 0.416. The first-order valence-electron chi connectivity index (χ1n) is 10.1. The summed E-state index contributed by atoms with van der Waals surface area (Å²) in [7, 11) is 0. The average molecular weight is 426 g/mol. The van der Waals surface area contributed by atoms with Crippen molar-refractivity contribution >= 4 is 23.2 Å². The van der Waals surface area contributed by atoms with E-state index < -0.39 is 16.7 Å². The molecule has 0 radical (unpaired) electrons. The molecule has 1 atom stereocenters. The molecule has 9 heteroatoms. The van der Waals surface area contributed by atoms with E-state index in [9.17, 15) is 19.7 Å². The number of rotatable bonds is 6. The van der Waals surface area contributed by atoms with Crippen LogP contribution < -0.4 is 10.6 Å². The van der Waals surface area contributed by atoms with Gasteiger partial charge in [-0.3, -0.25) is 24.6 Å². The normalized spacial score (nSPS) is 15.2. The summed E-state index contributed by atoms with van der Waals surface area (Å²) >= 11 is 0. The Bertz CT molecular complexity index is 955. The van der Waals surface area contributed by atoms with E-state index in [1.54, 1.807) is 13.0 Å². The minimum absolute atomic E-state index is 0.0148. The molecule has 1 unspecified atom stereocenters. The van der Waals surface area contributed by atoms with Gasteiger partial charge in [-0.2, -0.15) is 0 Å². The number of carbonyl (C=O) groups excluding carboxylic acids is 2. The molecule has 0 spiro atoms. The summed E-state index contributed by atoms with van der Waals surface area (Å²) in [4.78, 5) is 37.6. The van der Waals surface area contributed by atoms with Gasteiger partial charge in [0.1, 0.15) is 5.69 Å². The average Bonchev–Trinajstić information content (AvgIpc) is 2.76. The van der Waals surface area contributed by atoms with Crippen molar-refractivity contribution in [2.24, 2.45) is 0 Å². The number of nitrogens with one attached hydrogen (secondary N) is 2. The lowest BCUT2D eigenvalue weighted by Crippen LogP contribution is -2.45. The highest BCUT2D eigenvalue weighted by molar-refractivity contribution is 6.39. The summed E-state index contributed by atoms with van der Waals surface area (Å²) < 4.78 is 5.43. The van der Waals surface area contributed by atoms with Crippen molar-refractivity contribution in [3.05, 3.63) is 69.3 Å². The van der Waals surface area contributed by atoms with Crippen LogP contribution in [0.3, 0.4) is 0 Å². The van der Waals surface area contributed by atoms with E-state index in [0.29, 0.717) is 18.8 Å². The fourth-order valence-corrected chi connectivity index (χ4v) is 3.48. The second-order valence-electron chi connectivity index (χ2n) is 7.52. The minimum atomic E-state index is -0.948. The van der Waals surface area contributed by atoms with Crippen LogP contribution in [0, 0.1) is 24.0 Å². The van der Waals surface area contributed by atoms with Crippen molar-refractivity contribution in [1.82, 2.24) is 10.2 Å². The molecule has 1 aliphatic heterocycles. The van der Waals surface area contributed by atoms with Gasteiger partial charge in [-0.25, -0.2) is 0 Å². The molecule has 31 heavy (non-hydrogen) atoms. The van der Waals surface area contributed by atoms with Crippen LogP contribution >= 0.6 is 0 Å². The highest BCUT2D eigenvalue weighted by atomic mass is 16.6. The molecule has 0 aliphatic carbocycles. The number of hydrogen-bond donors (Lipinski definition) is 2. The van der Waals surface area contributed by atoms with Crippen LogP contribution in [-0.2, 0) is 14.3 Å². The van der Waals surface area contributed by atoms with Gasteiger partial charge in [-0.1, -0.05) is 35.9 Å². The van der Waals surface area contributed by atoms with Crippen molar-refractivity contribution in [3.63, 3.8) is 0 Å². The zero-order valence-electron chi connectivity index (χ0n) is 17.6. The van der Waals surface area contributed by atoms with Crippen molar-refractivity contribution < 1.29 is 19.2 Å². The summed E-state index contributed by atoms with van der Waals surface area (Å²) in [5.41, 5.74) is 2.57. The lowest BCUT2D eigenvalue weighted by Gasteiger charge is -2.35. The third kappa shape index (κ3) is 5.87. The standard InChI is InChI=1S/C22H26N4O5/c1-15-3-6-17(7-4-15)20(25-9-11-31-12-10-25)14-23-21(27)22(28)24-18-8-5-16(2)13-19(18)26(29)30/h3-8,13,20H,9-12,14H2,1-2H3,(H,23,27)(H,24,28). The fourth-order valence-electron chi connectivity index (χ4n) is 3.48. The van der Waals surface area contributed by atoms with Crippen LogP contribution in [0.2, 0.25) is 0 Å². The Hall–Kier alpha value is -3.30. The van der Waals surface area contributed by atoms with Crippen LogP contribution in [0.25, 0.3) is 0 Å². The predicted octanol–water partition coefficient (Wildman–Crippen LogP) is 2.34. The number of benzene rings is 2. The van der Waals surface area contributed by atoms with Crippen LogP contribution in [0.1, 0.15) is 22.7 Å². The number of nitro groups is 1. The molecule has 1 aliphatic rings. The van der Waals surface area contributed by atoms with Crippen molar-refractivity contribution in [1.29, 1.82) is 0 Å². The van der Waals surface area contributed by atoms with E-state index in [4.69, 9.17) is 4.74 Å². The van der Waals surface area contributed by atoms with Gasteiger partial charge in [0.2, 0.25) is 0 Å². The maximum atomic E-state index is 12.4. The highest BCUT2D eigenvalue weighted by Gasteiger charge is 2.25. The minimum Gasteiger partial charge on any atom is -0.379 e. The number of nitrogens with zero attached hydrogens (tertiary/aromatic N) is 2. The summed E-state index contributed by atoms with van der Waals surface area (Å²) in [5.74, 6) is -1.79.